The molecule has 0 aliphatic rings. The first-order valence-electron chi connectivity index (χ1n) is 8.16. The molecule has 0 fully saturated rings. The summed E-state index contributed by atoms with van der Waals surface area (Å²) >= 11 is 0. The summed E-state index contributed by atoms with van der Waals surface area (Å²) < 4.78 is 110. The molecule has 0 bridgehead atoms. The molecule has 164 valence electrons. The van der Waals surface area contributed by atoms with Crippen molar-refractivity contribution in [2.45, 2.75) is 25.0 Å². The fraction of sp³-hybridized carbons (Fsp3) is 0.278. The molecule has 0 spiro atoms. The van der Waals surface area contributed by atoms with Crippen LogP contribution in [-0.4, -0.2) is 26.5 Å². The first-order chi connectivity index (χ1) is 13.7. The van der Waals surface area contributed by atoms with Gasteiger partial charge in [0.15, 0.2) is 5.75 Å². The molecule has 12 heteroatoms. The van der Waals surface area contributed by atoms with Crippen molar-refractivity contribution in [2.75, 3.05) is 6.61 Å². The van der Waals surface area contributed by atoms with Gasteiger partial charge in [-0.1, -0.05) is 36.4 Å². The molecule has 2 rings (SSSR count). The second-order valence-electron chi connectivity index (χ2n) is 5.95. The zero-order valence-electron chi connectivity index (χ0n) is 15.2. The zero-order valence-corrected chi connectivity index (χ0v) is 16.0. The number of carbonyl (C=O) groups is 1. The van der Waals surface area contributed by atoms with E-state index in [0.717, 1.165) is 13.0 Å². The Labute approximate surface area is 167 Å². The average molecular weight is 456 g/mol. The Kier molecular flexibility index (Phi) is 6.70. The normalized spacial score (nSPS) is 12.5. The molecule has 0 saturated carbocycles. The number of benzene rings is 2. The van der Waals surface area contributed by atoms with E-state index in [1.807, 2.05) is 0 Å². The summed E-state index contributed by atoms with van der Waals surface area (Å²) in [7, 11) is -6.37. The monoisotopic (exact) mass is 456 g/mol. The van der Waals surface area contributed by atoms with Crippen molar-refractivity contribution in [3.63, 3.8) is 0 Å². The standard InChI is InChI=1S/C18H14F6O5S/c1-11(25)28-8-7-13-9-14(12-5-3-2-4-6-12)10-15(16(13)17(19,20)21)29-30(26,27)18(22,23)24/h2-6,9-10H,7-8H2,1H3. The molecule has 5 nitrogen and oxygen atoms in total. The summed E-state index contributed by atoms with van der Waals surface area (Å²) in [6, 6.07) is 9.16. The third-order valence-electron chi connectivity index (χ3n) is 3.73. The number of alkyl halides is 6. The third kappa shape index (κ3) is 5.65. The van der Waals surface area contributed by atoms with Gasteiger partial charge < -0.3 is 8.92 Å². The van der Waals surface area contributed by atoms with E-state index in [-0.39, 0.29) is 5.56 Å². The Balaban J connectivity index is 2.70. The molecule has 0 aliphatic heterocycles. The first-order valence-corrected chi connectivity index (χ1v) is 9.57. The molecule has 0 unspecified atom stereocenters. The summed E-state index contributed by atoms with van der Waals surface area (Å²) in [5.74, 6) is -2.31. The van der Waals surface area contributed by atoms with Gasteiger partial charge in [0.2, 0.25) is 0 Å². The van der Waals surface area contributed by atoms with E-state index in [1.54, 1.807) is 6.07 Å². The molecule has 0 aliphatic carbocycles. The van der Waals surface area contributed by atoms with Crippen LogP contribution in [0.5, 0.6) is 5.75 Å². The summed E-state index contributed by atoms with van der Waals surface area (Å²) in [6.07, 6.45) is -5.80. The van der Waals surface area contributed by atoms with Crippen molar-refractivity contribution < 1.29 is 48.5 Å². The quantitative estimate of drug-likeness (QED) is 0.273. The zero-order chi connectivity index (χ0) is 22.7. The minimum absolute atomic E-state index is 0.0196. The van der Waals surface area contributed by atoms with Gasteiger partial charge in [-0.3, -0.25) is 4.79 Å². The molecule has 2 aromatic carbocycles. The maximum atomic E-state index is 13.6. The smallest absolute Gasteiger partial charge is 0.466 e. The van der Waals surface area contributed by atoms with Gasteiger partial charge in [-0.2, -0.15) is 34.8 Å². The number of halogens is 6. The van der Waals surface area contributed by atoms with Gasteiger partial charge in [0.05, 0.1) is 6.61 Å². The highest BCUT2D eigenvalue weighted by Gasteiger charge is 2.50. The van der Waals surface area contributed by atoms with Gasteiger partial charge >= 0.3 is 27.8 Å². The Morgan fingerprint density at radius 2 is 1.57 bits per heavy atom. The van der Waals surface area contributed by atoms with Crippen LogP contribution in [0.4, 0.5) is 26.3 Å². The minimum Gasteiger partial charge on any atom is -0.466 e. The minimum atomic E-state index is -6.37. The Morgan fingerprint density at radius 1 is 0.967 bits per heavy atom. The van der Waals surface area contributed by atoms with E-state index in [9.17, 15) is 39.6 Å². The van der Waals surface area contributed by atoms with Crippen molar-refractivity contribution in [3.05, 3.63) is 53.6 Å². The molecule has 2 aromatic rings. The predicted octanol–water partition coefficient (Wildman–Crippen LogP) is 4.71. The van der Waals surface area contributed by atoms with E-state index in [0.29, 0.717) is 11.6 Å². The Morgan fingerprint density at radius 3 is 2.07 bits per heavy atom. The van der Waals surface area contributed by atoms with Crippen molar-refractivity contribution in [3.8, 4) is 16.9 Å². The molecular weight excluding hydrogens is 442 g/mol. The fourth-order valence-corrected chi connectivity index (χ4v) is 2.99. The van der Waals surface area contributed by atoms with Gasteiger partial charge in [0.1, 0.15) is 5.56 Å². The van der Waals surface area contributed by atoms with Crippen LogP contribution in [0.2, 0.25) is 0 Å². The van der Waals surface area contributed by atoms with Crippen molar-refractivity contribution in [1.82, 2.24) is 0 Å². The SMILES string of the molecule is CC(=O)OCCc1cc(-c2ccccc2)cc(OS(=O)(=O)C(F)(F)F)c1C(F)(F)F. The van der Waals surface area contributed by atoms with Gasteiger partial charge in [-0.15, -0.1) is 0 Å². The average Bonchev–Trinajstić information content (AvgIpc) is 2.59. The summed E-state index contributed by atoms with van der Waals surface area (Å²) in [4.78, 5) is 10.9. The number of carbonyl (C=O) groups excluding carboxylic acids is 1. The second kappa shape index (κ2) is 8.54. The summed E-state index contributed by atoms with van der Waals surface area (Å²) in [5.41, 5.74) is -7.96. The van der Waals surface area contributed by atoms with Crippen LogP contribution in [0.15, 0.2) is 42.5 Å². The number of rotatable bonds is 6. The molecule has 0 N–H and O–H groups in total. The topological polar surface area (TPSA) is 69.7 Å². The molecular formula is C18H14F6O5S. The predicted molar refractivity (Wildman–Crippen MR) is 92.8 cm³/mol. The molecule has 0 amide bonds. The summed E-state index contributed by atoms with van der Waals surface area (Å²) in [6.45, 7) is 0.512. The summed E-state index contributed by atoms with van der Waals surface area (Å²) in [5, 5.41) is 0. The van der Waals surface area contributed by atoms with Gasteiger partial charge in [-0.05, 0) is 22.8 Å². The van der Waals surface area contributed by atoms with Crippen LogP contribution in [0.3, 0.4) is 0 Å². The van der Waals surface area contributed by atoms with Crippen LogP contribution >= 0.6 is 0 Å². The first kappa shape index (κ1) is 23.5. The second-order valence-corrected chi connectivity index (χ2v) is 7.48. The van der Waals surface area contributed by atoms with Gasteiger partial charge in [0, 0.05) is 13.3 Å². The molecule has 0 saturated heterocycles. The van der Waals surface area contributed by atoms with E-state index < -0.39 is 57.7 Å². The van der Waals surface area contributed by atoms with Crippen LogP contribution in [0.25, 0.3) is 11.1 Å². The fourth-order valence-electron chi connectivity index (χ4n) is 2.53. The van der Waals surface area contributed by atoms with Crippen molar-refractivity contribution >= 4 is 16.1 Å². The lowest BCUT2D eigenvalue weighted by atomic mass is 9.96. The molecule has 0 radical (unpaired) electrons. The van der Waals surface area contributed by atoms with Crippen LogP contribution < -0.4 is 4.18 Å². The molecule has 0 heterocycles. The highest BCUT2D eigenvalue weighted by atomic mass is 32.2. The largest absolute Gasteiger partial charge is 0.534 e. The van der Waals surface area contributed by atoms with Crippen LogP contribution in [-0.2, 0) is 32.2 Å². The molecule has 30 heavy (non-hydrogen) atoms. The van der Waals surface area contributed by atoms with Crippen LogP contribution in [0.1, 0.15) is 18.1 Å². The van der Waals surface area contributed by atoms with Gasteiger partial charge in [0.25, 0.3) is 0 Å². The maximum Gasteiger partial charge on any atom is 0.534 e. The lowest BCUT2D eigenvalue weighted by Gasteiger charge is -2.20. The number of hydrogen-bond donors (Lipinski definition) is 0. The molecule has 0 aromatic heterocycles. The van der Waals surface area contributed by atoms with Gasteiger partial charge in [-0.25, -0.2) is 0 Å². The van der Waals surface area contributed by atoms with Crippen molar-refractivity contribution in [2.24, 2.45) is 0 Å². The van der Waals surface area contributed by atoms with E-state index in [2.05, 4.69) is 8.92 Å². The van der Waals surface area contributed by atoms with Crippen LogP contribution in [0, 0.1) is 0 Å². The number of hydrogen-bond acceptors (Lipinski definition) is 5. The van der Waals surface area contributed by atoms with Crippen molar-refractivity contribution in [1.29, 1.82) is 0 Å². The van der Waals surface area contributed by atoms with E-state index >= 15 is 0 Å². The lowest BCUT2D eigenvalue weighted by Crippen LogP contribution is -2.29. The lowest BCUT2D eigenvalue weighted by molar-refractivity contribution is -0.141. The molecule has 0 atom stereocenters. The highest BCUT2D eigenvalue weighted by molar-refractivity contribution is 7.88. The number of ether oxygens (including phenoxy) is 1. The Bertz CT molecular complexity index is 1010. The Hall–Kier alpha value is -2.76. The van der Waals surface area contributed by atoms with E-state index in [1.165, 1.54) is 24.3 Å². The third-order valence-corrected chi connectivity index (χ3v) is 4.70. The highest BCUT2D eigenvalue weighted by Crippen LogP contribution is 2.43. The van der Waals surface area contributed by atoms with E-state index in [4.69, 9.17) is 0 Å². The number of esters is 1. The maximum absolute atomic E-state index is 13.6.